The van der Waals surface area contributed by atoms with E-state index >= 15 is 0 Å². The summed E-state index contributed by atoms with van der Waals surface area (Å²) in [4.78, 5) is -0.0666. The fourth-order valence-electron chi connectivity index (χ4n) is 2.28. The smallest absolute Gasteiger partial charge is 0.294 e. The monoisotopic (exact) mass is 369 g/mol. The van der Waals surface area contributed by atoms with Gasteiger partial charge in [0.2, 0.25) is 0 Å². The predicted octanol–water partition coefficient (Wildman–Crippen LogP) is 3.73. The van der Waals surface area contributed by atoms with Crippen LogP contribution < -0.4 is 5.32 Å². The molecule has 1 aliphatic rings. The highest BCUT2D eigenvalue weighted by molar-refractivity contribution is 7.85. The molecule has 4 nitrogen and oxygen atoms in total. The van der Waals surface area contributed by atoms with E-state index in [4.69, 9.17) is 4.55 Å². The Morgan fingerprint density at radius 3 is 1.92 bits per heavy atom. The molecule has 2 aromatic rings. The van der Waals surface area contributed by atoms with Gasteiger partial charge in [-0.15, -0.1) is 0 Å². The van der Waals surface area contributed by atoms with Gasteiger partial charge in [-0.3, -0.25) is 4.55 Å². The van der Waals surface area contributed by atoms with Crippen molar-refractivity contribution in [3.8, 4) is 0 Å². The van der Waals surface area contributed by atoms with Gasteiger partial charge in [0.25, 0.3) is 16.0 Å². The zero-order valence-corrected chi connectivity index (χ0v) is 14.9. The number of halogens is 2. The Morgan fingerprint density at radius 1 is 1.04 bits per heavy atom. The molecule has 0 amide bonds. The van der Waals surface area contributed by atoms with E-state index in [2.05, 4.69) is 5.32 Å². The molecule has 0 unspecified atom stereocenters. The second kappa shape index (κ2) is 7.59. The van der Waals surface area contributed by atoms with Gasteiger partial charge in [0.1, 0.15) is 0 Å². The van der Waals surface area contributed by atoms with Crippen molar-refractivity contribution in [1.29, 1.82) is 0 Å². The number of alkyl halides is 2. The van der Waals surface area contributed by atoms with E-state index in [0.717, 1.165) is 31.1 Å². The van der Waals surface area contributed by atoms with E-state index in [0.29, 0.717) is 5.92 Å². The second-order valence-electron chi connectivity index (χ2n) is 6.15. The number of rotatable bonds is 3. The van der Waals surface area contributed by atoms with Gasteiger partial charge in [0.15, 0.2) is 0 Å². The summed E-state index contributed by atoms with van der Waals surface area (Å²) in [6, 6.07) is 12.6. The SMILES string of the molecule is CC(F)(F)c1ccc(C2CNC2)cc1.Cc1ccc(S(=O)(=O)O)cc1. The Bertz CT molecular complexity index is 794. The van der Waals surface area contributed by atoms with Gasteiger partial charge in [-0.05, 0) is 24.6 Å². The van der Waals surface area contributed by atoms with Crippen LogP contribution >= 0.6 is 0 Å². The van der Waals surface area contributed by atoms with Gasteiger partial charge in [-0.25, -0.2) is 8.78 Å². The van der Waals surface area contributed by atoms with Crippen LogP contribution in [-0.2, 0) is 16.0 Å². The highest BCUT2D eigenvalue weighted by Gasteiger charge is 2.25. The number of hydrogen-bond acceptors (Lipinski definition) is 3. The maximum Gasteiger partial charge on any atom is 0.294 e. The molecule has 1 saturated heterocycles. The van der Waals surface area contributed by atoms with Gasteiger partial charge in [-0.2, -0.15) is 8.42 Å². The quantitative estimate of drug-likeness (QED) is 0.809. The first-order valence-electron chi connectivity index (χ1n) is 7.80. The molecule has 0 atom stereocenters. The van der Waals surface area contributed by atoms with Crippen LogP contribution in [0.3, 0.4) is 0 Å². The van der Waals surface area contributed by atoms with Crippen molar-refractivity contribution >= 4 is 10.1 Å². The van der Waals surface area contributed by atoms with E-state index < -0.39 is 16.0 Å². The molecule has 1 heterocycles. The highest BCUT2D eigenvalue weighted by atomic mass is 32.2. The lowest BCUT2D eigenvalue weighted by Crippen LogP contribution is -2.39. The fourth-order valence-corrected chi connectivity index (χ4v) is 2.76. The molecule has 0 bridgehead atoms. The third-order valence-electron chi connectivity index (χ3n) is 3.99. The third-order valence-corrected chi connectivity index (χ3v) is 4.86. The molecule has 2 aromatic carbocycles. The average molecular weight is 369 g/mol. The van der Waals surface area contributed by atoms with Crippen molar-refractivity contribution in [1.82, 2.24) is 5.32 Å². The number of nitrogens with one attached hydrogen (secondary N) is 1. The molecule has 2 N–H and O–H groups in total. The molecule has 0 aromatic heterocycles. The van der Waals surface area contributed by atoms with Crippen LogP contribution in [-0.4, -0.2) is 26.1 Å². The minimum atomic E-state index is -4.02. The molecule has 1 aliphatic heterocycles. The van der Waals surface area contributed by atoms with Crippen molar-refractivity contribution < 1.29 is 21.8 Å². The molecular formula is C18H21F2NO3S. The summed E-state index contributed by atoms with van der Waals surface area (Å²) in [5.41, 5.74) is 2.20. The van der Waals surface area contributed by atoms with Crippen LogP contribution in [0.25, 0.3) is 0 Å². The summed E-state index contributed by atoms with van der Waals surface area (Å²) in [6.45, 7) is 4.68. The minimum Gasteiger partial charge on any atom is -0.315 e. The first-order valence-corrected chi connectivity index (χ1v) is 9.24. The number of benzene rings is 2. The van der Waals surface area contributed by atoms with Crippen LogP contribution in [0.2, 0.25) is 0 Å². The largest absolute Gasteiger partial charge is 0.315 e. The van der Waals surface area contributed by atoms with Crippen molar-refractivity contribution in [3.63, 3.8) is 0 Å². The zero-order chi connectivity index (χ0) is 18.7. The average Bonchev–Trinajstić information content (AvgIpc) is 2.45. The van der Waals surface area contributed by atoms with Crippen molar-refractivity contribution in [2.24, 2.45) is 0 Å². The summed E-state index contributed by atoms with van der Waals surface area (Å²) in [7, 11) is -4.02. The van der Waals surface area contributed by atoms with Gasteiger partial charge in [0, 0.05) is 31.5 Å². The summed E-state index contributed by atoms with van der Waals surface area (Å²) in [5.74, 6) is -2.22. The lowest BCUT2D eigenvalue weighted by molar-refractivity contribution is 0.0174. The first kappa shape index (κ1) is 19.5. The molecule has 0 saturated carbocycles. The molecule has 3 rings (SSSR count). The first-order chi connectivity index (χ1) is 11.6. The molecule has 25 heavy (non-hydrogen) atoms. The van der Waals surface area contributed by atoms with E-state index in [1.54, 1.807) is 24.3 Å². The predicted molar refractivity (Wildman–Crippen MR) is 92.6 cm³/mol. The maximum atomic E-state index is 12.9. The molecule has 0 radical (unpaired) electrons. The molecule has 7 heteroatoms. The lowest BCUT2D eigenvalue weighted by Gasteiger charge is -2.27. The van der Waals surface area contributed by atoms with Crippen LogP contribution in [0, 0.1) is 6.92 Å². The molecule has 1 fully saturated rings. The molecule has 136 valence electrons. The van der Waals surface area contributed by atoms with Crippen molar-refractivity contribution in [2.75, 3.05) is 13.1 Å². The van der Waals surface area contributed by atoms with Crippen LogP contribution in [0.1, 0.15) is 29.5 Å². The minimum absolute atomic E-state index is 0.0666. The Hall–Kier alpha value is -1.83. The van der Waals surface area contributed by atoms with Crippen molar-refractivity contribution in [2.45, 2.75) is 30.6 Å². The normalized spacial score (nSPS) is 15.1. The molecule has 0 spiro atoms. The Kier molecular flexibility index (Phi) is 5.92. The third kappa shape index (κ3) is 5.59. The Morgan fingerprint density at radius 2 is 1.56 bits per heavy atom. The Labute approximate surface area is 146 Å². The van der Waals surface area contributed by atoms with E-state index in [1.165, 1.54) is 24.3 Å². The summed E-state index contributed by atoms with van der Waals surface area (Å²) in [5, 5.41) is 3.16. The Balaban J connectivity index is 0.000000186. The van der Waals surface area contributed by atoms with Gasteiger partial charge in [-0.1, -0.05) is 42.0 Å². The summed E-state index contributed by atoms with van der Waals surface area (Å²) >= 11 is 0. The summed E-state index contributed by atoms with van der Waals surface area (Å²) in [6.07, 6.45) is 0. The lowest BCUT2D eigenvalue weighted by atomic mass is 9.92. The highest BCUT2D eigenvalue weighted by Crippen LogP contribution is 2.28. The van der Waals surface area contributed by atoms with Gasteiger partial charge >= 0.3 is 0 Å². The van der Waals surface area contributed by atoms with E-state index in [9.17, 15) is 17.2 Å². The van der Waals surface area contributed by atoms with E-state index in [-0.39, 0.29) is 10.5 Å². The number of aryl methyl sites for hydroxylation is 1. The molecular weight excluding hydrogens is 348 g/mol. The topological polar surface area (TPSA) is 66.4 Å². The standard InChI is InChI=1S/C11H13F2N.C7H8O3S/c1-11(12,13)10-4-2-8(3-5-10)9-6-14-7-9;1-6-2-4-7(5-3-6)11(8,9)10/h2-5,9,14H,6-7H2,1H3;2-5H,1H3,(H,8,9,10). The van der Waals surface area contributed by atoms with Gasteiger partial charge in [0.05, 0.1) is 4.90 Å². The zero-order valence-electron chi connectivity index (χ0n) is 14.0. The number of hydrogen-bond donors (Lipinski definition) is 2. The maximum absolute atomic E-state index is 12.9. The van der Waals surface area contributed by atoms with Crippen LogP contribution in [0.4, 0.5) is 8.78 Å². The van der Waals surface area contributed by atoms with Gasteiger partial charge < -0.3 is 5.32 Å². The molecule has 0 aliphatic carbocycles. The van der Waals surface area contributed by atoms with E-state index in [1.807, 2.05) is 6.92 Å². The van der Waals surface area contributed by atoms with Crippen LogP contribution in [0.15, 0.2) is 53.4 Å². The second-order valence-corrected chi connectivity index (χ2v) is 7.58. The van der Waals surface area contributed by atoms with Crippen molar-refractivity contribution in [3.05, 3.63) is 65.2 Å². The summed E-state index contributed by atoms with van der Waals surface area (Å²) < 4.78 is 55.3. The fraction of sp³-hybridized carbons (Fsp3) is 0.333. The van der Waals surface area contributed by atoms with Crippen LogP contribution in [0.5, 0.6) is 0 Å².